The number of amides is 2. The Morgan fingerprint density at radius 3 is 2.47 bits per heavy atom. The van der Waals surface area contributed by atoms with Gasteiger partial charge in [0.2, 0.25) is 0 Å². The van der Waals surface area contributed by atoms with Crippen molar-refractivity contribution in [2.24, 2.45) is 0 Å². The first kappa shape index (κ1) is 20.4. The molecule has 0 saturated carbocycles. The highest BCUT2D eigenvalue weighted by molar-refractivity contribution is 5.99. The molecule has 1 fully saturated rings. The van der Waals surface area contributed by atoms with Crippen molar-refractivity contribution in [1.82, 2.24) is 15.1 Å². The third-order valence-corrected chi connectivity index (χ3v) is 5.92. The summed E-state index contributed by atoms with van der Waals surface area (Å²) in [5.74, 6) is -0.00181. The summed E-state index contributed by atoms with van der Waals surface area (Å²) in [7, 11) is 0. The molecule has 1 saturated heterocycles. The van der Waals surface area contributed by atoms with Gasteiger partial charge in [-0.25, -0.2) is 0 Å². The number of fused-ring (bicyclic) bond motifs is 1. The molecule has 2 aliphatic rings. The van der Waals surface area contributed by atoms with Crippen molar-refractivity contribution in [1.29, 1.82) is 0 Å². The van der Waals surface area contributed by atoms with Crippen LogP contribution in [0, 0.1) is 0 Å². The first-order valence-corrected chi connectivity index (χ1v) is 10.8. The number of rotatable bonds is 7. The van der Waals surface area contributed by atoms with Crippen LogP contribution >= 0.6 is 0 Å². The SMILES string of the molecule is CC(C)N1C(=O)c2ccccc2C1Nc1ccc(C(=O)NCCN2CCCC2)cc1. The maximum absolute atomic E-state index is 12.8. The molecule has 2 amide bonds. The minimum absolute atomic E-state index is 0.0482. The zero-order valence-electron chi connectivity index (χ0n) is 17.7. The number of hydrogen-bond donors (Lipinski definition) is 2. The summed E-state index contributed by atoms with van der Waals surface area (Å²) < 4.78 is 0. The lowest BCUT2D eigenvalue weighted by Gasteiger charge is -2.30. The molecule has 4 rings (SSSR count). The molecule has 6 heteroatoms. The van der Waals surface area contributed by atoms with Gasteiger partial charge in [0.25, 0.3) is 11.8 Å². The molecule has 2 aromatic rings. The molecule has 0 radical (unpaired) electrons. The number of carbonyl (C=O) groups is 2. The van der Waals surface area contributed by atoms with Crippen molar-refractivity contribution in [2.75, 3.05) is 31.5 Å². The second kappa shape index (κ2) is 8.88. The number of hydrogen-bond acceptors (Lipinski definition) is 4. The Kier molecular flexibility index (Phi) is 6.04. The van der Waals surface area contributed by atoms with Crippen molar-refractivity contribution < 1.29 is 9.59 Å². The molecule has 0 bridgehead atoms. The third kappa shape index (κ3) is 4.19. The first-order chi connectivity index (χ1) is 14.5. The quantitative estimate of drug-likeness (QED) is 0.739. The van der Waals surface area contributed by atoms with Crippen LogP contribution in [0.1, 0.15) is 59.1 Å². The zero-order valence-corrected chi connectivity index (χ0v) is 17.7. The molecule has 0 spiro atoms. The highest BCUT2D eigenvalue weighted by atomic mass is 16.2. The van der Waals surface area contributed by atoms with E-state index in [-0.39, 0.29) is 24.0 Å². The van der Waals surface area contributed by atoms with Crippen molar-refractivity contribution >= 4 is 17.5 Å². The summed E-state index contributed by atoms with van der Waals surface area (Å²) in [5.41, 5.74) is 3.26. The highest BCUT2D eigenvalue weighted by Crippen LogP contribution is 2.35. The Morgan fingerprint density at radius 2 is 1.77 bits per heavy atom. The van der Waals surface area contributed by atoms with E-state index < -0.39 is 0 Å². The van der Waals surface area contributed by atoms with Crippen LogP contribution in [0.15, 0.2) is 48.5 Å². The van der Waals surface area contributed by atoms with Crippen molar-refractivity contribution in [3.63, 3.8) is 0 Å². The van der Waals surface area contributed by atoms with Crippen LogP contribution in [-0.4, -0.2) is 53.8 Å². The molecule has 2 N–H and O–H groups in total. The molecule has 2 aliphatic heterocycles. The largest absolute Gasteiger partial charge is 0.361 e. The maximum atomic E-state index is 12.8. The molecule has 1 atom stereocenters. The van der Waals surface area contributed by atoms with E-state index in [4.69, 9.17) is 0 Å². The molecular weight excluding hydrogens is 376 g/mol. The second-order valence-electron chi connectivity index (χ2n) is 8.32. The zero-order chi connectivity index (χ0) is 21.1. The minimum atomic E-state index is -0.214. The monoisotopic (exact) mass is 406 g/mol. The number of nitrogens with one attached hydrogen (secondary N) is 2. The first-order valence-electron chi connectivity index (χ1n) is 10.8. The molecule has 30 heavy (non-hydrogen) atoms. The fraction of sp³-hybridized carbons (Fsp3) is 0.417. The van der Waals surface area contributed by atoms with E-state index in [1.807, 2.05) is 67.3 Å². The van der Waals surface area contributed by atoms with Gasteiger partial charge in [0.15, 0.2) is 0 Å². The van der Waals surface area contributed by atoms with Gasteiger partial charge in [-0.05, 0) is 70.1 Å². The van der Waals surface area contributed by atoms with Crippen LogP contribution < -0.4 is 10.6 Å². The van der Waals surface area contributed by atoms with Crippen LogP contribution in [-0.2, 0) is 0 Å². The number of likely N-dealkylation sites (tertiary alicyclic amines) is 1. The molecule has 6 nitrogen and oxygen atoms in total. The molecule has 0 aromatic heterocycles. The molecule has 1 unspecified atom stereocenters. The summed E-state index contributed by atoms with van der Waals surface area (Å²) in [6.45, 7) is 7.89. The fourth-order valence-corrected chi connectivity index (χ4v) is 4.33. The van der Waals surface area contributed by atoms with E-state index >= 15 is 0 Å². The van der Waals surface area contributed by atoms with Gasteiger partial charge in [0.05, 0.1) is 0 Å². The van der Waals surface area contributed by atoms with Crippen molar-refractivity contribution in [3.05, 3.63) is 65.2 Å². The lowest BCUT2D eigenvalue weighted by Crippen LogP contribution is -2.37. The number of carbonyl (C=O) groups excluding carboxylic acids is 2. The lowest BCUT2D eigenvalue weighted by molar-refractivity contribution is 0.0685. The molecule has 0 aliphatic carbocycles. The van der Waals surface area contributed by atoms with Crippen LogP contribution in [0.4, 0.5) is 5.69 Å². The van der Waals surface area contributed by atoms with Crippen molar-refractivity contribution in [3.8, 4) is 0 Å². The third-order valence-electron chi connectivity index (χ3n) is 5.92. The normalized spacial score (nSPS) is 18.7. The van der Waals surface area contributed by atoms with Gasteiger partial charge >= 0.3 is 0 Å². The second-order valence-corrected chi connectivity index (χ2v) is 8.32. The van der Waals surface area contributed by atoms with Gasteiger partial charge in [-0.15, -0.1) is 0 Å². The van der Waals surface area contributed by atoms with E-state index in [2.05, 4.69) is 15.5 Å². The van der Waals surface area contributed by atoms with E-state index in [0.29, 0.717) is 12.1 Å². The highest BCUT2D eigenvalue weighted by Gasteiger charge is 2.37. The van der Waals surface area contributed by atoms with E-state index in [1.165, 1.54) is 12.8 Å². The molecular formula is C24H30N4O2. The van der Waals surface area contributed by atoms with Gasteiger partial charge in [0.1, 0.15) is 6.17 Å². The number of anilines is 1. The van der Waals surface area contributed by atoms with E-state index in [1.54, 1.807) is 0 Å². The van der Waals surface area contributed by atoms with Crippen LogP contribution in [0.3, 0.4) is 0 Å². The molecule has 2 aromatic carbocycles. The van der Waals surface area contributed by atoms with Crippen molar-refractivity contribution in [2.45, 2.75) is 38.9 Å². The van der Waals surface area contributed by atoms with Crippen LogP contribution in [0.5, 0.6) is 0 Å². The molecule has 158 valence electrons. The van der Waals surface area contributed by atoms with E-state index in [0.717, 1.165) is 36.4 Å². The summed E-state index contributed by atoms with van der Waals surface area (Å²) in [6.07, 6.45) is 2.30. The van der Waals surface area contributed by atoms with Gasteiger partial charge < -0.3 is 20.4 Å². The van der Waals surface area contributed by atoms with Gasteiger partial charge in [-0.3, -0.25) is 9.59 Å². The fourth-order valence-electron chi connectivity index (χ4n) is 4.33. The summed E-state index contributed by atoms with van der Waals surface area (Å²) in [6, 6.07) is 15.3. The topological polar surface area (TPSA) is 64.7 Å². The van der Waals surface area contributed by atoms with Crippen LogP contribution in [0.25, 0.3) is 0 Å². The van der Waals surface area contributed by atoms with E-state index in [9.17, 15) is 9.59 Å². The van der Waals surface area contributed by atoms with Crippen LogP contribution in [0.2, 0.25) is 0 Å². The Morgan fingerprint density at radius 1 is 1.07 bits per heavy atom. The summed E-state index contributed by atoms with van der Waals surface area (Å²) in [4.78, 5) is 29.5. The summed E-state index contributed by atoms with van der Waals surface area (Å²) in [5, 5.41) is 6.48. The molecule has 2 heterocycles. The van der Waals surface area contributed by atoms with Gasteiger partial charge in [-0.2, -0.15) is 0 Å². The maximum Gasteiger partial charge on any atom is 0.256 e. The standard InChI is InChI=1S/C24H30N4O2/c1-17(2)28-22(20-7-3-4-8-21(20)24(28)30)26-19-11-9-18(10-12-19)23(29)25-13-16-27-14-5-6-15-27/h3-4,7-12,17,22,26H,5-6,13-16H2,1-2H3,(H,25,29). The minimum Gasteiger partial charge on any atom is -0.361 e. The number of benzene rings is 2. The number of nitrogens with zero attached hydrogens (tertiary/aromatic N) is 2. The van der Waals surface area contributed by atoms with Gasteiger partial charge in [0, 0.05) is 41.5 Å². The Labute approximate surface area is 178 Å². The summed E-state index contributed by atoms with van der Waals surface area (Å²) >= 11 is 0. The lowest BCUT2D eigenvalue weighted by atomic mass is 10.1. The smallest absolute Gasteiger partial charge is 0.256 e. The Balaban J connectivity index is 1.40. The Bertz CT molecular complexity index is 904. The Hall–Kier alpha value is -2.86. The predicted octanol–water partition coefficient (Wildman–Crippen LogP) is 3.49. The predicted molar refractivity (Wildman–Crippen MR) is 119 cm³/mol. The van der Waals surface area contributed by atoms with Gasteiger partial charge in [-0.1, -0.05) is 18.2 Å². The average molecular weight is 407 g/mol. The average Bonchev–Trinajstić information content (AvgIpc) is 3.35.